The summed E-state index contributed by atoms with van der Waals surface area (Å²) in [5.74, 6) is -1.02. The summed E-state index contributed by atoms with van der Waals surface area (Å²) >= 11 is 0. The van der Waals surface area contributed by atoms with Crippen molar-refractivity contribution < 1.29 is 14.0 Å². The van der Waals surface area contributed by atoms with Crippen molar-refractivity contribution in [3.05, 3.63) is 82.7 Å². The van der Waals surface area contributed by atoms with Crippen LogP contribution in [0.15, 0.2) is 48.8 Å². The number of carbonyl (C=O) groups excluding carboxylic acids is 2. The second kappa shape index (κ2) is 8.68. The summed E-state index contributed by atoms with van der Waals surface area (Å²) < 4.78 is 15.5. The minimum absolute atomic E-state index is 0.219. The molecule has 3 rings (SSSR count). The molecule has 0 bridgehead atoms. The molecule has 2 N–H and O–H groups in total. The standard InChI is InChI=1S/C22H23FN4O2/c1-14-6-7-17(12-20(14)23)21(28)25-9-10-26-22(29)19-11-15(2)27(16(19)3)18-5-4-8-24-13-18/h4-8,11-13H,9-10H2,1-3H3,(H,25,28)(H,26,29). The number of benzene rings is 1. The van der Waals surface area contributed by atoms with E-state index >= 15 is 0 Å². The molecule has 0 aliphatic carbocycles. The van der Waals surface area contributed by atoms with Crippen molar-refractivity contribution >= 4 is 11.8 Å². The van der Waals surface area contributed by atoms with Gasteiger partial charge in [0.1, 0.15) is 5.82 Å². The Morgan fingerprint density at radius 2 is 1.76 bits per heavy atom. The monoisotopic (exact) mass is 394 g/mol. The van der Waals surface area contributed by atoms with Crippen molar-refractivity contribution in [3.8, 4) is 5.69 Å². The highest BCUT2D eigenvalue weighted by Gasteiger charge is 2.16. The first kappa shape index (κ1) is 20.3. The van der Waals surface area contributed by atoms with Gasteiger partial charge in [-0.25, -0.2) is 4.39 Å². The molecule has 29 heavy (non-hydrogen) atoms. The van der Waals surface area contributed by atoms with Crippen molar-refractivity contribution in [1.82, 2.24) is 20.2 Å². The summed E-state index contributed by atoms with van der Waals surface area (Å²) in [5, 5.41) is 5.48. The van der Waals surface area contributed by atoms with Gasteiger partial charge in [0.15, 0.2) is 0 Å². The summed E-state index contributed by atoms with van der Waals surface area (Å²) in [5.41, 5.74) is 3.93. The van der Waals surface area contributed by atoms with Crippen molar-refractivity contribution in [2.24, 2.45) is 0 Å². The highest BCUT2D eigenvalue weighted by molar-refractivity contribution is 5.96. The molecule has 6 nitrogen and oxygen atoms in total. The van der Waals surface area contributed by atoms with Crippen LogP contribution in [0.4, 0.5) is 4.39 Å². The zero-order valence-electron chi connectivity index (χ0n) is 16.6. The van der Waals surface area contributed by atoms with E-state index in [1.807, 2.05) is 36.6 Å². The molecule has 0 spiro atoms. The Morgan fingerprint density at radius 3 is 2.41 bits per heavy atom. The van der Waals surface area contributed by atoms with E-state index in [0.717, 1.165) is 17.1 Å². The molecule has 0 saturated heterocycles. The molecule has 0 saturated carbocycles. The molecule has 150 valence electrons. The summed E-state index contributed by atoms with van der Waals surface area (Å²) in [4.78, 5) is 28.8. The SMILES string of the molecule is Cc1ccc(C(=O)NCCNC(=O)c2cc(C)n(-c3cccnc3)c2C)cc1F. The molecule has 7 heteroatoms. The second-order valence-corrected chi connectivity index (χ2v) is 6.81. The van der Waals surface area contributed by atoms with Crippen molar-refractivity contribution in [3.63, 3.8) is 0 Å². The quantitative estimate of drug-likeness (QED) is 0.631. The van der Waals surface area contributed by atoms with E-state index in [9.17, 15) is 14.0 Å². The zero-order chi connectivity index (χ0) is 21.0. The lowest BCUT2D eigenvalue weighted by atomic mass is 10.1. The number of aryl methyl sites for hydroxylation is 2. The minimum atomic E-state index is -0.421. The third kappa shape index (κ3) is 4.51. The van der Waals surface area contributed by atoms with Crippen LogP contribution < -0.4 is 10.6 Å². The molecule has 0 radical (unpaired) electrons. The number of pyridine rings is 1. The molecule has 0 atom stereocenters. The molecular formula is C22H23FN4O2. The third-order valence-electron chi connectivity index (χ3n) is 4.71. The van der Waals surface area contributed by atoms with Crippen LogP contribution in [-0.4, -0.2) is 34.5 Å². The number of hydrogen-bond donors (Lipinski definition) is 2. The van der Waals surface area contributed by atoms with Gasteiger partial charge in [-0.2, -0.15) is 0 Å². The molecule has 0 aliphatic rings. The number of nitrogens with zero attached hydrogens (tertiary/aromatic N) is 2. The Morgan fingerprint density at radius 1 is 1.03 bits per heavy atom. The first-order valence-electron chi connectivity index (χ1n) is 9.30. The number of nitrogens with one attached hydrogen (secondary N) is 2. The number of carbonyl (C=O) groups is 2. The van der Waals surface area contributed by atoms with Gasteiger partial charge in [0.2, 0.25) is 0 Å². The van der Waals surface area contributed by atoms with Crippen LogP contribution >= 0.6 is 0 Å². The first-order valence-corrected chi connectivity index (χ1v) is 9.30. The predicted molar refractivity (Wildman–Crippen MR) is 109 cm³/mol. The normalized spacial score (nSPS) is 10.6. The summed E-state index contributed by atoms with van der Waals surface area (Å²) in [6, 6.07) is 9.93. The average molecular weight is 394 g/mol. The van der Waals surface area contributed by atoms with Gasteiger partial charge in [-0.1, -0.05) is 6.07 Å². The lowest BCUT2D eigenvalue weighted by molar-refractivity contribution is 0.0927. The van der Waals surface area contributed by atoms with E-state index in [4.69, 9.17) is 0 Å². The topological polar surface area (TPSA) is 76.0 Å². The van der Waals surface area contributed by atoms with Crippen LogP contribution in [0.25, 0.3) is 5.69 Å². The van der Waals surface area contributed by atoms with Crippen molar-refractivity contribution in [2.75, 3.05) is 13.1 Å². The molecule has 2 amide bonds. The lowest BCUT2D eigenvalue weighted by Gasteiger charge is -2.10. The molecular weight excluding hydrogens is 371 g/mol. The maximum atomic E-state index is 13.6. The first-order chi connectivity index (χ1) is 13.9. The zero-order valence-corrected chi connectivity index (χ0v) is 16.6. The van der Waals surface area contributed by atoms with Crippen LogP contribution in [0.5, 0.6) is 0 Å². The Labute approximate surface area is 168 Å². The summed E-state index contributed by atoms with van der Waals surface area (Å²) in [6.45, 7) is 5.94. The van der Waals surface area contributed by atoms with Crippen molar-refractivity contribution in [2.45, 2.75) is 20.8 Å². The fourth-order valence-electron chi connectivity index (χ4n) is 3.16. The van der Waals surface area contributed by atoms with Gasteiger partial charge in [0, 0.05) is 36.2 Å². The van der Waals surface area contributed by atoms with Gasteiger partial charge < -0.3 is 15.2 Å². The van der Waals surface area contributed by atoms with E-state index in [1.165, 1.54) is 6.07 Å². The maximum Gasteiger partial charge on any atom is 0.253 e. The van der Waals surface area contributed by atoms with Gasteiger partial charge in [-0.15, -0.1) is 0 Å². The number of amides is 2. The largest absolute Gasteiger partial charge is 0.350 e. The van der Waals surface area contributed by atoms with E-state index in [-0.39, 0.29) is 30.5 Å². The summed E-state index contributed by atoms with van der Waals surface area (Å²) in [7, 11) is 0. The molecule has 2 aromatic heterocycles. The highest BCUT2D eigenvalue weighted by atomic mass is 19.1. The van der Waals surface area contributed by atoms with E-state index < -0.39 is 5.82 Å². The fourth-order valence-corrected chi connectivity index (χ4v) is 3.16. The maximum absolute atomic E-state index is 13.6. The molecule has 1 aromatic carbocycles. The van der Waals surface area contributed by atoms with Gasteiger partial charge in [-0.05, 0) is 56.7 Å². The lowest BCUT2D eigenvalue weighted by Crippen LogP contribution is -2.34. The number of hydrogen-bond acceptors (Lipinski definition) is 3. The van der Waals surface area contributed by atoms with Crippen molar-refractivity contribution in [1.29, 1.82) is 0 Å². The van der Waals surface area contributed by atoms with Crippen LogP contribution in [0.1, 0.15) is 37.7 Å². The predicted octanol–water partition coefficient (Wildman–Crippen LogP) is 3.10. The third-order valence-corrected chi connectivity index (χ3v) is 4.71. The molecule has 0 fully saturated rings. The minimum Gasteiger partial charge on any atom is -0.350 e. The second-order valence-electron chi connectivity index (χ2n) is 6.81. The molecule has 2 heterocycles. The highest BCUT2D eigenvalue weighted by Crippen LogP contribution is 2.20. The van der Waals surface area contributed by atoms with Crippen LogP contribution in [0.2, 0.25) is 0 Å². The molecule has 3 aromatic rings. The van der Waals surface area contributed by atoms with E-state index in [0.29, 0.717) is 11.1 Å². The number of aromatic nitrogens is 2. The van der Waals surface area contributed by atoms with E-state index in [1.54, 1.807) is 31.5 Å². The fraction of sp³-hybridized carbons (Fsp3) is 0.227. The Kier molecular flexibility index (Phi) is 6.07. The summed E-state index contributed by atoms with van der Waals surface area (Å²) in [6.07, 6.45) is 3.44. The average Bonchev–Trinajstić information content (AvgIpc) is 3.01. The van der Waals surface area contributed by atoms with Crippen LogP contribution in [0.3, 0.4) is 0 Å². The number of rotatable bonds is 6. The Bertz CT molecular complexity index is 1040. The van der Waals surface area contributed by atoms with E-state index in [2.05, 4.69) is 15.6 Å². The molecule has 0 aliphatic heterocycles. The Balaban J connectivity index is 1.57. The van der Waals surface area contributed by atoms with Gasteiger partial charge >= 0.3 is 0 Å². The van der Waals surface area contributed by atoms with Gasteiger partial charge in [-0.3, -0.25) is 14.6 Å². The van der Waals surface area contributed by atoms with Gasteiger partial charge in [0.25, 0.3) is 11.8 Å². The smallest absolute Gasteiger partial charge is 0.253 e. The Hall–Kier alpha value is -3.48. The molecule has 0 unspecified atom stereocenters. The number of halogens is 1. The van der Waals surface area contributed by atoms with Crippen LogP contribution in [0, 0.1) is 26.6 Å². The van der Waals surface area contributed by atoms with Gasteiger partial charge in [0.05, 0.1) is 17.4 Å². The van der Waals surface area contributed by atoms with Crippen LogP contribution in [-0.2, 0) is 0 Å².